The molecule has 1 aromatic rings. The number of aromatic nitrogens is 1. The molecular formula is C13H20N2O4S. The summed E-state index contributed by atoms with van der Waals surface area (Å²) in [4.78, 5) is 11.1. The van der Waals surface area contributed by atoms with Gasteiger partial charge in [0.05, 0.1) is 0 Å². The Morgan fingerprint density at radius 2 is 2.10 bits per heavy atom. The number of sulfonamides is 1. The van der Waals surface area contributed by atoms with E-state index >= 15 is 0 Å². The highest BCUT2D eigenvalue weighted by atomic mass is 32.2. The molecule has 0 aliphatic rings. The van der Waals surface area contributed by atoms with E-state index in [0.717, 1.165) is 0 Å². The number of nitrogens with zero attached hydrogens (tertiary/aromatic N) is 1. The van der Waals surface area contributed by atoms with Crippen LogP contribution >= 0.6 is 0 Å². The van der Waals surface area contributed by atoms with Crippen molar-refractivity contribution in [2.45, 2.75) is 44.2 Å². The number of hydrogen-bond acceptors (Lipinski definition) is 3. The molecule has 1 atom stereocenters. The second-order valence-corrected chi connectivity index (χ2v) is 6.63. The maximum atomic E-state index is 12.2. The minimum Gasteiger partial charge on any atom is -0.477 e. The van der Waals surface area contributed by atoms with E-state index in [-0.39, 0.29) is 22.7 Å². The van der Waals surface area contributed by atoms with E-state index in [1.165, 1.54) is 16.8 Å². The van der Waals surface area contributed by atoms with Crippen LogP contribution in [0.15, 0.2) is 29.8 Å². The summed E-state index contributed by atoms with van der Waals surface area (Å²) in [5.74, 6) is -1.15. The van der Waals surface area contributed by atoms with Crippen molar-refractivity contribution in [3.8, 4) is 0 Å². The van der Waals surface area contributed by atoms with E-state index in [4.69, 9.17) is 5.11 Å². The Labute approximate surface area is 119 Å². The summed E-state index contributed by atoms with van der Waals surface area (Å²) in [6.07, 6.45) is 3.46. The van der Waals surface area contributed by atoms with Crippen molar-refractivity contribution in [1.29, 1.82) is 0 Å². The lowest BCUT2D eigenvalue weighted by atomic mass is 10.3. The van der Waals surface area contributed by atoms with Gasteiger partial charge in [0.25, 0.3) is 0 Å². The van der Waals surface area contributed by atoms with Crippen molar-refractivity contribution in [1.82, 2.24) is 9.29 Å². The summed E-state index contributed by atoms with van der Waals surface area (Å²) in [7, 11) is -3.73. The minimum absolute atomic E-state index is 0.0421. The minimum atomic E-state index is -3.73. The van der Waals surface area contributed by atoms with Crippen molar-refractivity contribution in [2.75, 3.05) is 0 Å². The highest BCUT2D eigenvalue weighted by Crippen LogP contribution is 2.19. The summed E-state index contributed by atoms with van der Waals surface area (Å²) in [5, 5.41) is 9.11. The molecule has 1 rings (SSSR count). The molecule has 1 aromatic heterocycles. The smallest absolute Gasteiger partial charge is 0.352 e. The molecule has 0 aromatic carbocycles. The van der Waals surface area contributed by atoms with Gasteiger partial charge in [0.1, 0.15) is 10.6 Å². The zero-order valence-corrected chi connectivity index (χ0v) is 12.6. The Balaban J connectivity index is 3.16. The van der Waals surface area contributed by atoms with Gasteiger partial charge in [-0.15, -0.1) is 6.58 Å². The summed E-state index contributed by atoms with van der Waals surface area (Å²) >= 11 is 0. The number of nitrogens with one attached hydrogen (secondary N) is 1. The Kier molecular flexibility index (Phi) is 5.13. The molecule has 112 valence electrons. The largest absolute Gasteiger partial charge is 0.477 e. The van der Waals surface area contributed by atoms with Crippen molar-refractivity contribution in [3.05, 3.63) is 30.6 Å². The first kappa shape index (κ1) is 16.5. The predicted molar refractivity (Wildman–Crippen MR) is 76.4 cm³/mol. The summed E-state index contributed by atoms with van der Waals surface area (Å²) < 4.78 is 28.3. The lowest BCUT2D eigenvalue weighted by Crippen LogP contribution is -2.32. The molecule has 0 saturated heterocycles. The van der Waals surface area contributed by atoms with Crippen LogP contribution in [0.25, 0.3) is 0 Å². The monoisotopic (exact) mass is 300 g/mol. The lowest BCUT2D eigenvalue weighted by Gasteiger charge is -2.11. The second-order valence-electron chi connectivity index (χ2n) is 4.91. The second kappa shape index (κ2) is 6.23. The van der Waals surface area contributed by atoms with Gasteiger partial charge >= 0.3 is 5.97 Å². The fraction of sp³-hybridized carbons (Fsp3) is 0.462. The molecule has 20 heavy (non-hydrogen) atoms. The molecule has 6 nitrogen and oxygen atoms in total. The molecule has 1 heterocycles. The highest BCUT2D eigenvalue weighted by molar-refractivity contribution is 7.89. The maximum absolute atomic E-state index is 12.2. The number of hydrogen-bond donors (Lipinski definition) is 2. The third-order valence-electron chi connectivity index (χ3n) is 2.79. The van der Waals surface area contributed by atoms with Crippen LogP contribution in [0.3, 0.4) is 0 Å². The number of carboxylic acid groups (broad SMARTS) is 1. The van der Waals surface area contributed by atoms with Gasteiger partial charge < -0.3 is 9.67 Å². The average molecular weight is 300 g/mol. The van der Waals surface area contributed by atoms with Crippen LogP contribution in [-0.2, 0) is 10.0 Å². The molecule has 2 N–H and O–H groups in total. The van der Waals surface area contributed by atoms with Gasteiger partial charge in [0, 0.05) is 18.3 Å². The first-order valence-electron chi connectivity index (χ1n) is 6.27. The van der Waals surface area contributed by atoms with Crippen LogP contribution in [0.5, 0.6) is 0 Å². The van der Waals surface area contributed by atoms with Crippen LogP contribution in [0.4, 0.5) is 0 Å². The highest BCUT2D eigenvalue weighted by Gasteiger charge is 2.23. The van der Waals surface area contributed by atoms with E-state index < -0.39 is 16.0 Å². The fourth-order valence-corrected chi connectivity index (χ4v) is 3.11. The van der Waals surface area contributed by atoms with Crippen molar-refractivity contribution in [2.24, 2.45) is 0 Å². The Bertz CT molecular complexity index is 602. The van der Waals surface area contributed by atoms with Gasteiger partial charge in [-0.05, 0) is 33.3 Å². The zero-order chi connectivity index (χ0) is 15.5. The summed E-state index contributed by atoms with van der Waals surface area (Å²) in [5.41, 5.74) is -0.0447. The SMILES string of the molecule is C=CCC(C)NS(=O)(=O)c1cc(C(=O)O)n(C(C)C)c1. The lowest BCUT2D eigenvalue weighted by molar-refractivity contribution is 0.0683. The molecule has 0 amide bonds. The quantitative estimate of drug-likeness (QED) is 0.754. The van der Waals surface area contributed by atoms with E-state index in [2.05, 4.69) is 11.3 Å². The molecule has 0 saturated carbocycles. The maximum Gasteiger partial charge on any atom is 0.352 e. The standard InChI is InChI=1S/C13H20N2O4S/c1-5-6-10(4)14-20(18,19)11-7-12(13(16)17)15(8-11)9(2)3/h5,7-10,14H,1,6H2,2-4H3,(H,16,17). The predicted octanol–water partition coefficient (Wildman–Crippen LogP) is 2.01. The molecule has 0 aliphatic heterocycles. The number of rotatable bonds is 7. The Morgan fingerprint density at radius 3 is 2.50 bits per heavy atom. The Morgan fingerprint density at radius 1 is 1.50 bits per heavy atom. The van der Waals surface area contributed by atoms with Crippen LogP contribution in [0.1, 0.15) is 43.7 Å². The van der Waals surface area contributed by atoms with E-state index in [9.17, 15) is 13.2 Å². The molecular weight excluding hydrogens is 280 g/mol. The fourth-order valence-electron chi connectivity index (χ4n) is 1.83. The van der Waals surface area contributed by atoms with Gasteiger partial charge in [0.15, 0.2) is 0 Å². The Hall–Kier alpha value is -1.60. The molecule has 0 radical (unpaired) electrons. The van der Waals surface area contributed by atoms with Gasteiger partial charge in [-0.3, -0.25) is 0 Å². The van der Waals surface area contributed by atoms with E-state index in [1.54, 1.807) is 26.8 Å². The number of carbonyl (C=O) groups is 1. The number of aromatic carboxylic acids is 1. The molecule has 0 aliphatic carbocycles. The third kappa shape index (κ3) is 3.71. The molecule has 7 heteroatoms. The first-order chi connectivity index (χ1) is 9.19. The molecule has 0 fully saturated rings. The van der Waals surface area contributed by atoms with Crippen LogP contribution in [0.2, 0.25) is 0 Å². The average Bonchev–Trinajstić information content (AvgIpc) is 2.73. The topological polar surface area (TPSA) is 88.4 Å². The van der Waals surface area contributed by atoms with Crippen molar-refractivity contribution in [3.63, 3.8) is 0 Å². The van der Waals surface area contributed by atoms with Gasteiger partial charge in [0.2, 0.25) is 10.0 Å². The van der Waals surface area contributed by atoms with Crippen molar-refractivity contribution >= 4 is 16.0 Å². The molecule has 0 spiro atoms. The van der Waals surface area contributed by atoms with Crippen LogP contribution < -0.4 is 4.72 Å². The summed E-state index contributed by atoms with van der Waals surface area (Å²) in [6.45, 7) is 8.85. The van der Waals surface area contributed by atoms with Gasteiger partial charge in [-0.1, -0.05) is 6.08 Å². The normalized spacial score (nSPS) is 13.4. The summed E-state index contributed by atoms with van der Waals surface area (Å²) in [6, 6.07) is 0.731. The third-order valence-corrected chi connectivity index (χ3v) is 4.34. The van der Waals surface area contributed by atoms with Crippen molar-refractivity contribution < 1.29 is 18.3 Å². The van der Waals surface area contributed by atoms with Gasteiger partial charge in [-0.2, -0.15) is 0 Å². The molecule has 1 unspecified atom stereocenters. The van der Waals surface area contributed by atoms with E-state index in [0.29, 0.717) is 6.42 Å². The van der Waals surface area contributed by atoms with Gasteiger partial charge in [-0.25, -0.2) is 17.9 Å². The molecule has 0 bridgehead atoms. The zero-order valence-electron chi connectivity index (χ0n) is 11.8. The van der Waals surface area contributed by atoms with E-state index in [1.807, 2.05) is 0 Å². The van der Waals surface area contributed by atoms with Crippen LogP contribution in [-0.4, -0.2) is 30.1 Å². The first-order valence-corrected chi connectivity index (χ1v) is 7.75. The van der Waals surface area contributed by atoms with Crippen LogP contribution in [0, 0.1) is 0 Å². The number of carboxylic acids is 1.